The van der Waals surface area contributed by atoms with E-state index in [0.29, 0.717) is 22.3 Å². The Labute approximate surface area is 443 Å². The van der Waals surface area contributed by atoms with Gasteiger partial charge in [-0.1, -0.05) is 187 Å². The van der Waals surface area contributed by atoms with Gasteiger partial charge in [-0.25, -0.2) is 0 Å². The number of benzene rings is 12. The van der Waals surface area contributed by atoms with Crippen LogP contribution >= 0.6 is 0 Å². The van der Waals surface area contributed by atoms with Crippen LogP contribution in [0.3, 0.4) is 0 Å². The first-order valence-corrected chi connectivity index (χ1v) is 26.2. The zero-order chi connectivity index (χ0) is 52.3. The van der Waals surface area contributed by atoms with Crippen LogP contribution in [0.1, 0.15) is 98.1 Å². The first-order valence-electron chi connectivity index (χ1n) is 26.2. The summed E-state index contributed by atoms with van der Waals surface area (Å²) in [5.41, 5.74) is 6.00. The third-order valence-corrected chi connectivity index (χ3v) is 15.2. The van der Waals surface area contributed by atoms with Gasteiger partial charge in [-0.2, -0.15) is 0 Å². The molecule has 374 valence electrons. The van der Waals surface area contributed by atoms with Crippen LogP contribution in [0.5, 0.6) is 23.0 Å². The van der Waals surface area contributed by atoms with E-state index in [4.69, 9.17) is 19.5 Å². The maximum atomic E-state index is 12.2. The van der Waals surface area contributed by atoms with E-state index in [2.05, 4.69) is 175 Å². The van der Waals surface area contributed by atoms with Gasteiger partial charge in [-0.3, -0.25) is 9.98 Å². The summed E-state index contributed by atoms with van der Waals surface area (Å²) in [7, 11) is 0. The van der Waals surface area contributed by atoms with Gasteiger partial charge in [0.05, 0.1) is 0 Å². The number of hydrogen-bond donors (Lipinski definition) is 2. The minimum Gasteiger partial charge on any atom is -0.507 e. The first-order chi connectivity index (χ1) is 36.8. The van der Waals surface area contributed by atoms with E-state index in [1.165, 1.54) is 43.1 Å². The maximum Gasteiger partial charge on any atom is 0.130 e. The normalized spacial score (nSPS) is 13.4. The van der Waals surface area contributed by atoms with Crippen molar-refractivity contribution in [1.29, 1.82) is 0 Å². The highest BCUT2D eigenvalue weighted by Gasteiger charge is 2.26. The van der Waals surface area contributed by atoms with Crippen molar-refractivity contribution in [2.45, 2.75) is 77.7 Å². The number of ether oxygens (including phenoxy) is 2. The largest absolute Gasteiger partial charge is 0.507 e. The molecular weight excluding hydrogens is 933 g/mol. The van der Waals surface area contributed by atoms with Gasteiger partial charge in [0.1, 0.15) is 48.3 Å². The van der Waals surface area contributed by atoms with E-state index in [-0.39, 0.29) is 35.5 Å². The summed E-state index contributed by atoms with van der Waals surface area (Å²) in [4.78, 5) is 10.8. The van der Waals surface area contributed by atoms with Crippen molar-refractivity contribution in [2.75, 3.05) is 0 Å². The number of rotatable bonds is 13. The zero-order valence-electron chi connectivity index (χ0n) is 43.8. The van der Waals surface area contributed by atoms with Gasteiger partial charge in [-0.05, 0) is 125 Å². The van der Waals surface area contributed by atoms with E-state index >= 15 is 0 Å². The van der Waals surface area contributed by atoms with Crippen LogP contribution in [0.25, 0.3) is 64.6 Å². The highest BCUT2D eigenvalue weighted by atomic mass is 16.5. The Kier molecular flexibility index (Phi) is 12.2. The summed E-state index contributed by atoms with van der Waals surface area (Å²) in [6.07, 6.45) is 3.58. The molecule has 12 aromatic rings. The molecule has 6 nitrogen and oxygen atoms in total. The fourth-order valence-electron chi connectivity index (χ4n) is 11.0. The highest BCUT2D eigenvalue weighted by Crippen LogP contribution is 2.43. The molecule has 0 spiro atoms. The number of nitrogens with zero attached hydrogens (tertiary/aromatic N) is 2. The van der Waals surface area contributed by atoms with Crippen molar-refractivity contribution in [1.82, 2.24) is 0 Å². The molecular formula is C70H60N2O4. The third kappa shape index (κ3) is 8.98. The second kappa shape index (κ2) is 19.2. The maximum absolute atomic E-state index is 12.2. The molecule has 0 radical (unpaired) electrons. The van der Waals surface area contributed by atoms with Crippen molar-refractivity contribution < 1.29 is 19.7 Å². The number of phenolic OH excluding ortho intramolecular Hbond substituents is 2. The number of aliphatic imine (C=N–C) groups is 2. The second-order valence-corrected chi connectivity index (χ2v) is 22.3. The molecule has 0 aliphatic rings. The molecule has 0 saturated carbocycles. The Hall–Kier alpha value is -8.74. The van der Waals surface area contributed by atoms with Crippen molar-refractivity contribution in [3.63, 3.8) is 0 Å². The highest BCUT2D eigenvalue weighted by molar-refractivity contribution is 6.25. The molecule has 0 bridgehead atoms. The number of aromatic hydroxyl groups is 2. The monoisotopic (exact) mass is 992 g/mol. The number of hydrogen-bond acceptors (Lipinski definition) is 6. The smallest absolute Gasteiger partial charge is 0.130 e. The lowest BCUT2D eigenvalue weighted by Gasteiger charge is -2.24. The van der Waals surface area contributed by atoms with Crippen LogP contribution in [0, 0.1) is 0 Å². The Morgan fingerprint density at radius 3 is 1.11 bits per heavy atom. The third-order valence-electron chi connectivity index (χ3n) is 15.2. The lowest BCUT2D eigenvalue weighted by atomic mass is 9.84. The van der Waals surface area contributed by atoms with Crippen molar-refractivity contribution >= 4 is 77.1 Å². The Bertz CT molecular complexity index is 3860. The summed E-state index contributed by atoms with van der Waals surface area (Å²) >= 11 is 0. The molecule has 0 saturated heterocycles. The fraction of sp³-hybridized carbons (Fsp3) is 0.171. The van der Waals surface area contributed by atoms with Gasteiger partial charge in [0, 0.05) is 56.2 Å². The van der Waals surface area contributed by atoms with Crippen LogP contribution in [-0.2, 0) is 24.0 Å². The molecule has 0 fully saturated rings. The molecule has 0 aliphatic carbocycles. The molecule has 0 aliphatic heterocycles. The minimum absolute atomic E-state index is 0.113. The van der Waals surface area contributed by atoms with E-state index < -0.39 is 12.1 Å². The molecule has 12 aromatic carbocycles. The van der Waals surface area contributed by atoms with Crippen molar-refractivity contribution in [3.8, 4) is 23.0 Å². The van der Waals surface area contributed by atoms with Crippen molar-refractivity contribution in [3.05, 3.63) is 239 Å². The summed E-state index contributed by atoms with van der Waals surface area (Å²) in [5, 5.41) is 38.5. The number of phenols is 2. The molecule has 0 heterocycles. The van der Waals surface area contributed by atoms with E-state index in [1.807, 2.05) is 60.7 Å². The van der Waals surface area contributed by atoms with Crippen LogP contribution in [-0.4, -0.2) is 22.6 Å². The quantitative estimate of drug-likeness (QED) is 0.0890. The Morgan fingerprint density at radius 1 is 0.395 bits per heavy atom. The molecule has 6 heteroatoms. The summed E-state index contributed by atoms with van der Waals surface area (Å²) in [5.74, 6) is 1.75. The van der Waals surface area contributed by atoms with Gasteiger partial charge >= 0.3 is 0 Å². The average Bonchev–Trinajstić information content (AvgIpc) is 3.51. The molecule has 0 unspecified atom stereocenters. The fourth-order valence-corrected chi connectivity index (χ4v) is 11.0. The van der Waals surface area contributed by atoms with Gasteiger partial charge in [0.2, 0.25) is 0 Å². The predicted octanol–water partition coefficient (Wildman–Crippen LogP) is 17.7. The average molecular weight is 993 g/mol. The van der Waals surface area contributed by atoms with Crippen LogP contribution in [0.4, 0.5) is 0 Å². The molecule has 0 aromatic heterocycles. The van der Waals surface area contributed by atoms with E-state index in [9.17, 15) is 10.2 Å². The second-order valence-electron chi connectivity index (χ2n) is 22.3. The van der Waals surface area contributed by atoms with Crippen LogP contribution in [0.2, 0.25) is 0 Å². The Morgan fingerprint density at radius 2 is 0.737 bits per heavy atom. The van der Waals surface area contributed by atoms with Gasteiger partial charge in [0.15, 0.2) is 0 Å². The topological polar surface area (TPSA) is 83.6 Å². The molecule has 2 N–H and O–H groups in total. The van der Waals surface area contributed by atoms with E-state index in [0.717, 1.165) is 55.3 Å². The molecule has 12 rings (SSSR count). The lowest BCUT2D eigenvalue weighted by Crippen LogP contribution is -2.14. The predicted molar refractivity (Wildman–Crippen MR) is 316 cm³/mol. The first kappa shape index (κ1) is 48.2. The van der Waals surface area contributed by atoms with Gasteiger partial charge in [0.25, 0.3) is 0 Å². The summed E-state index contributed by atoms with van der Waals surface area (Å²) in [6, 6.07) is 65.9. The van der Waals surface area contributed by atoms with Crippen LogP contribution in [0.15, 0.2) is 204 Å². The molecule has 76 heavy (non-hydrogen) atoms. The van der Waals surface area contributed by atoms with Crippen LogP contribution < -0.4 is 9.47 Å². The van der Waals surface area contributed by atoms with Crippen molar-refractivity contribution in [2.24, 2.45) is 9.98 Å². The SMILES string of the molecule is CC(C)(C)c1cc(C=N[C@H](c2ccccc2)[C@H](N=Cc2cc(C(C)(C)C)cc(COc3ccc4ccc5cccc6ccc3c4c56)c2O)c2ccccc2)c(O)c(COc2ccc3ccc4cccc5ccc2c3c45)c1. The minimum atomic E-state index is -0.528. The molecule has 2 atom stereocenters. The zero-order valence-corrected chi connectivity index (χ0v) is 43.8. The summed E-state index contributed by atoms with van der Waals surface area (Å²) < 4.78 is 13.4. The Balaban J connectivity index is 0.899. The van der Waals surface area contributed by atoms with Gasteiger partial charge in [-0.15, -0.1) is 0 Å². The van der Waals surface area contributed by atoms with E-state index in [1.54, 1.807) is 12.4 Å². The standard InChI is InChI=1S/C70H60N2O4/c1-69(2,3)55-35-51(67(73)53(37-55)41-75-59-33-29-47-25-23-43-19-13-21-45-27-31-57(59)63(47)61(43)45)39-71-65(49-15-9-7-10-16-49)66(50-17-11-8-12-18-50)72-40-52-36-56(70(4,5)6)38-54(68(52)74)42-76-60-34-30-48-26-24-44-20-14-22-46-28-32-58(60)64(48)62(44)46/h7-40,65-66,73-74H,41-42H2,1-6H3/t65-,66-/m1/s1. The summed E-state index contributed by atoms with van der Waals surface area (Å²) in [6.45, 7) is 13.4. The lowest BCUT2D eigenvalue weighted by molar-refractivity contribution is 0.302. The van der Waals surface area contributed by atoms with Gasteiger partial charge < -0.3 is 19.7 Å². The molecule has 0 amide bonds.